The number of allylic oxidation sites excluding steroid dienone is 2. The maximum atomic E-state index is 13.1. The highest BCUT2D eigenvalue weighted by atomic mass is 16.8. The predicted octanol–water partition coefficient (Wildman–Crippen LogP) is 7.44. The average Bonchev–Trinajstić information content (AvgIpc) is 3.10. The van der Waals surface area contributed by atoms with Crippen LogP contribution >= 0.6 is 0 Å². The van der Waals surface area contributed by atoms with E-state index in [-0.39, 0.29) is 40.0 Å². The lowest BCUT2D eigenvalue weighted by atomic mass is 9.35. The first-order valence-corrected chi connectivity index (χ1v) is 13.8. The van der Waals surface area contributed by atoms with Crippen LogP contribution in [0, 0.1) is 44.3 Å². The molecule has 0 aromatic heterocycles. The van der Waals surface area contributed by atoms with Crippen molar-refractivity contribution in [2.24, 2.45) is 44.3 Å². The molecule has 6 rings (SSSR count). The minimum absolute atomic E-state index is 0.0955. The van der Waals surface area contributed by atoms with E-state index in [1.165, 1.54) is 57.8 Å². The Bertz CT molecular complexity index is 944. The molecular formula is C30H46O3. The summed E-state index contributed by atoms with van der Waals surface area (Å²) in [6.45, 7) is 19.7. The van der Waals surface area contributed by atoms with Crippen LogP contribution in [0.4, 0.5) is 0 Å². The van der Waals surface area contributed by atoms with Crippen molar-refractivity contribution in [2.75, 3.05) is 0 Å². The van der Waals surface area contributed by atoms with Gasteiger partial charge in [-0.15, -0.1) is 0 Å². The highest BCUT2D eigenvalue weighted by molar-refractivity contribution is 5.78. The fraction of sp³-hybridized carbons (Fsp3) is 0.900. The Hall–Kier alpha value is -0.830. The quantitative estimate of drug-likeness (QED) is 0.282. The summed E-state index contributed by atoms with van der Waals surface area (Å²) in [5.41, 5.74) is 4.65. The van der Waals surface area contributed by atoms with Crippen LogP contribution in [0.25, 0.3) is 0 Å². The Morgan fingerprint density at radius 3 is 2.21 bits per heavy atom. The summed E-state index contributed by atoms with van der Waals surface area (Å²) >= 11 is 0. The maximum Gasteiger partial charge on any atom is 0.338 e. The van der Waals surface area contributed by atoms with Crippen molar-refractivity contribution >= 4 is 5.97 Å². The third-order valence-corrected chi connectivity index (χ3v) is 12.9. The Morgan fingerprint density at radius 2 is 1.48 bits per heavy atom. The monoisotopic (exact) mass is 454 g/mol. The van der Waals surface area contributed by atoms with Gasteiger partial charge in [-0.1, -0.05) is 66.5 Å². The van der Waals surface area contributed by atoms with E-state index in [1.807, 2.05) is 11.1 Å². The maximum absolute atomic E-state index is 13.1. The SMILES string of the molecule is CC1(C)CC[C@]2(C)CC[C@]3(C)C(=C2C1)CC[C@@H]1[C@@]2(C)[C@@H]4O[C@@H](OC4=O)C(C)(C)[C@@H]2CC[C@]13C. The number of rotatable bonds is 0. The van der Waals surface area contributed by atoms with Crippen molar-refractivity contribution in [1.29, 1.82) is 0 Å². The van der Waals surface area contributed by atoms with E-state index in [2.05, 4.69) is 55.4 Å². The zero-order valence-electron chi connectivity index (χ0n) is 22.4. The van der Waals surface area contributed by atoms with Gasteiger partial charge >= 0.3 is 5.97 Å². The van der Waals surface area contributed by atoms with Gasteiger partial charge in [0, 0.05) is 10.8 Å². The molecule has 0 radical (unpaired) electrons. The highest BCUT2D eigenvalue weighted by Crippen LogP contribution is 2.76. The lowest BCUT2D eigenvalue weighted by Crippen LogP contribution is -2.67. The Morgan fingerprint density at radius 1 is 0.788 bits per heavy atom. The normalized spacial score (nSPS) is 54.0. The van der Waals surface area contributed by atoms with Gasteiger partial charge in [0.2, 0.25) is 6.29 Å². The van der Waals surface area contributed by atoms with Crippen LogP contribution in [0.1, 0.15) is 113 Å². The molecule has 184 valence electrons. The summed E-state index contributed by atoms with van der Waals surface area (Å²) in [5, 5.41) is 0. The molecule has 4 aliphatic carbocycles. The second kappa shape index (κ2) is 6.29. The minimum Gasteiger partial charge on any atom is -0.433 e. The summed E-state index contributed by atoms with van der Waals surface area (Å²) in [5.74, 6) is 0.871. The number of carbonyl (C=O) groups is 1. The lowest BCUT2D eigenvalue weighted by molar-refractivity contribution is -0.279. The molecule has 5 fully saturated rings. The van der Waals surface area contributed by atoms with Crippen molar-refractivity contribution < 1.29 is 14.3 Å². The molecule has 0 amide bonds. The number of ether oxygens (including phenoxy) is 2. The molecule has 33 heavy (non-hydrogen) atoms. The molecular weight excluding hydrogens is 408 g/mol. The molecule has 2 aliphatic heterocycles. The summed E-state index contributed by atoms with van der Waals surface area (Å²) in [6.07, 6.45) is 10.7. The molecule has 2 bridgehead atoms. The fourth-order valence-corrected chi connectivity index (χ4v) is 10.6. The van der Waals surface area contributed by atoms with Gasteiger partial charge in [-0.05, 0) is 91.3 Å². The van der Waals surface area contributed by atoms with E-state index in [9.17, 15) is 4.79 Å². The molecule has 0 unspecified atom stereocenters. The first-order valence-electron chi connectivity index (χ1n) is 13.8. The average molecular weight is 455 g/mol. The number of carbonyl (C=O) groups excluding carboxylic acids is 1. The zero-order chi connectivity index (χ0) is 23.8. The van der Waals surface area contributed by atoms with Crippen molar-refractivity contribution in [3.8, 4) is 0 Å². The zero-order valence-corrected chi connectivity index (χ0v) is 22.4. The Balaban J connectivity index is 1.48. The number of fused-ring (bicyclic) bond motifs is 9. The summed E-state index contributed by atoms with van der Waals surface area (Å²) in [7, 11) is 0. The van der Waals surface area contributed by atoms with Gasteiger partial charge in [0.25, 0.3) is 0 Å². The third-order valence-electron chi connectivity index (χ3n) is 12.9. The number of hydrogen-bond donors (Lipinski definition) is 0. The molecule has 2 saturated heterocycles. The van der Waals surface area contributed by atoms with Gasteiger partial charge in [-0.2, -0.15) is 0 Å². The minimum atomic E-state index is -0.384. The molecule has 3 nitrogen and oxygen atoms in total. The molecule has 2 heterocycles. The van der Waals surface area contributed by atoms with Crippen LogP contribution in [-0.4, -0.2) is 18.4 Å². The van der Waals surface area contributed by atoms with Crippen molar-refractivity contribution in [3.63, 3.8) is 0 Å². The van der Waals surface area contributed by atoms with Gasteiger partial charge < -0.3 is 9.47 Å². The van der Waals surface area contributed by atoms with Crippen LogP contribution in [0.5, 0.6) is 0 Å². The molecule has 6 aliphatic rings. The van der Waals surface area contributed by atoms with Gasteiger partial charge in [0.1, 0.15) is 0 Å². The Labute approximate surface area is 201 Å². The van der Waals surface area contributed by atoms with Gasteiger partial charge in [0.15, 0.2) is 6.10 Å². The van der Waals surface area contributed by atoms with Gasteiger partial charge in [-0.3, -0.25) is 0 Å². The third kappa shape index (κ3) is 2.54. The van der Waals surface area contributed by atoms with E-state index in [4.69, 9.17) is 9.47 Å². The fourth-order valence-electron chi connectivity index (χ4n) is 10.6. The van der Waals surface area contributed by atoms with Crippen LogP contribution in [0.3, 0.4) is 0 Å². The number of hydrogen-bond acceptors (Lipinski definition) is 3. The second-order valence-electron chi connectivity index (χ2n) is 15.3. The van der Waals surface area contributed by atoms with Crippen molar-refractivity contribution in [2.45, 2.75) is 126 Å². The van der Waals surface area contributed by atoms with Crippen LogP contribution in [-0.2, 0) is 14.3 Å². The number of esters is 1. The first-order chi connectivity index (χ1) is 15.2. The van der Waals surface area contributed by atoms with E-state index in [0.717, 1.165) is 0 Å². The van der Waals surface area contributed by atoms with Crippen LogP contribution in [0.15, 0.2) is 11.1 Å². The van der Waals surface area contributed by atoms with Gasteiger partial charge in [-0.25, -0.2) is 4.79 Å². The van der Waals surface area contributed by atoms with Crippen LogP contribution in [0.2, 0.25) is 0 Å². The van der Waals surface area contributed by atoms with E-state index >= 15 is 0 Å². The molecule has 0 aromatic rings. The molecule has 0 spiro atoms. The predicted molar refractivity (Wildman–Crippen MR) is 130 cm³/mol. The van der Waals surface area contributed by atoms with E-state index < -0.39 is 0 Å². The standard InChI is InChI=1S/C30H46O3/c1-25(2)13-14-27(5)15-16-28(6)18(19(27)17-25)9-10-21-29(28,7)12-11-20-26(3,4)24-32-22(23(31)33-24)30(20,21)8/h20-22,24H,9-17H2,1-8H3/t20-,21-,22+,24-,27+,28+,29+,30-/m0/s1. The van der Waals surface area contributed by atoms with Crippen molar-refractivity contribution in [1.82, 2.24) is 0 Å². The van der Waals surface area contributed by atoms with E-state index in [0.29, 0.717) is 22.7 Å². The van der Waals surface area contributed by atoms with Crippen LogP contribution < -0.4 is 0 Å². The van der Waals surface area contributed by atoms with Gasteiger partial charge in [0.05, 0.1) is 0 Å². The largest absolute Gasteiger partial charge is 0.433 e. The first kappa shape index (κ1) is 22.6. The summed E-state index contributed by atoms with van der Waals surface area (Å²) < 4.78 is 12.2. The van der Waals surface area contributed by atoms with E-state index in [1.54, 1.807) is 0 Å². The molecule has 8 atom stereocenters. The second-order valence-corrected chi connectivity index (χ2v) is 15.3. The molecule has 0 N–H and O–H groups in total. The smallest absolute Gasteiger partial charge is 0.338 e. The molecule has 3 heteroatoms. The van der Waals surface area contributed by atoms with Crippen molar-refractivity contribution in [3.05, 3.63) is 11.1 Å². The highest BCUT2D eigenvalue weighted by Gasteiger charge is 2.73. The summed E-state index contributed by atoms with van der Waals surface area (Å²) in [4.78, 5) is 13.1. The summed E-state index contributed by atoms with van der Waals surface area (Å²) in [6, 6.07) is 0. The molecule has 0 aromatic carbocycles. The molecule has 3 saturated carbocycles. The topological polar surface area (TPSA) is 35.5 Å². The lowest BCUT2D eigenvalue weighted by Gasteiger charge is -2.70. The Kier molecular flexibility index (Phi) is 4.31.